The normalized spacial score (nSPS) is 25.4. The van der Waals surface area contributed by atoms with Crippen molar-refractivity contribution >= 4 is 0 Å². The van der Waals surface area contributed by atoms with E-state index in [4.69, 9.17) is 10.6 Å². The van der Waals surface area contributed by atoms with E-state index in [1.165, 1.54) is 12.1 Å². The molecule has 3 N–H and O–H groups in total. The van der Waals surface area contributed by atoms with Gasteiger partial charge < -0.3 is 4.74 Å². The van der Waals surface area contributed by atoms with Crippen LogP contribution < -0.4 is 11.3 Å². The van der Waals surface area contributed by atoms with Crippen molar-refractivity contribution in [2.75, 3.05) is 6.61 Å². The monoisotopic (exact) mass is 288 g/mol. The highest BCUT2D eigenvalue weighted by Gasteiger charge is 2.38. The Hall–Kier alpha value is -1.11. The smallest absolute Gasteiger partial charge is 0.373 e. The zero-order valence-corrected chi connectivity index (χ0v) is 11.3. The molecule has 1 aromatic rings. The maximum Gasteiger partial charge on any atom is 0.416 e. The number of nitrogens with two attached hydrogens (primary N) is 1. The Morgan fingerprint density at radius 2 is 1.90 bits per heavy atom. The van der Waals surface area contributed by atoms with Crippen molar-refractivity contribution in [3.8, 4) is 0 Å². The average molecular weight is 288 g/mol. The molecule has 6 heteroatoms. The molecule has 1 fully saturated rings. The zero-order chi connectivity index (χ0) is 14.8. The van der Waals surface area contributed by atoms with Gasteiger partial charge >= 0.3 is 6.18 Å². The summed E-state index contributed by atoms with van der Waals surface area (Å²) in [7, 11) is 0. The van der Waals surface area contributed by atoms with E-state index >= 15 is 0 Å². The topological polar surface area (TPSA) is 47.3 Å². The van der Waals surface area contributed by atoms with Crippen LogP contribution in [0.15, 0.2) is 24.3 Å². The maximum atomic E-state index is 12.6. The molecule has 1 aliphatic heterocycles. The number of hydrogen-bond acceptors (Lipinski definition) is 3. The van der Waals surface area contributed by atoms with E-state index in [1.807, 2.05) is 6.92 Å². The molecule has 0 amide bonds. The molecule has 1 saturated heterocycles. The Bertz CT molecular complexity index is 439. The lowest BCUT2D eigenvalue weighted by Gasteiger charge is -2.40. The van der Waals surface area contributed by atoms with E-state index in [0.29, 0.717) is 12.2 Å². The van der Waals surface area contributed by atoms with E-state index in [-0.39, 0.29) is 6.04 Å². The molecule has 1 aliphatic rings. The summed E-state index contributed by atoms with van der Waals surface area (Å²) < 4.78 is 43.5. The van der Waals surface area contributed by atoms with Crippen LogP contribution in [0.5, 0.6) is 0 Å². The van der Waals surface area contributed by atoms with E-state index < -0.39 is 17.3 Å². The standard InChI is InChI=1S/C14H19F3N2O/c1-13(8-2-3-9-20-13)12(19-18)10-4-6-11(7-5-10)14(15,16)17/h4-7,12,19H,2-3,8-9,18H2,1H3. The summed E-state index contributed by atoms with van der Waals surface area (Å²) in [6, 6.07) is 4.73. The van der Waals surface area contributed by atoms with Crippen LogP contribution in [0.3, 0.4) is 0 Å². The first-order valence-electron chi connectivity index (χ1n) is 6.64. The van der Waals surface area contributed by atoms with Crippen molar-refractivity contribution in [1.29, 1.82) is 0 Å². The van der Waals surface area contributed by atoms with E-state index in [2.05, 4.69) is 5.43 Å². The third-order valence-corrected chi connectivity index (χ3v) is 3.85. The van der Waals surface area contributed by atoms with Crippen molar-refractivity contribution in [3.63, 3.8) is 0 Å². The second-order valence-electron chi connectivity index (χ2n) is 5.34. The molecular weight excluding hydrogens is 269 g/mol. The minimum absolute atomic E-state index is 0.329. The largest absolute Gasteiger partial charge is 0.416 e. The molecule has 20 heavy (non-hydrogen) atoms. The fourth-order valence-corrected chi connectivity index (χ4v) is 2.67. The Balaban J connectivity index is 2.23. The highest BCUT2D eigenvalue weighted by Crippen LogP contribution is 2.37. The molecule has 1 heterocycles. The van der Waals surface area contributed by atoms with Gasteiger partial charge in [0.05, 0.1) is 17.2 Å². The van der Waals surface area contributed by atoms with Crippen molar-refractivity contribution < 1.29 is 17.9 Å². The number of alkyl halides is 3. The molecule has 0 bridgehead atoms. The second-order valence-corrected chi connectivity index (χ2v) is 5.34. The second kappa shape index (κ2) is 5.71. The molecule has 112 valence electrons. The van der Waals surface area contributed by atoms with Gasteiger partial charge in [-0.2, -0.15) is 13.2 Å². The third-order valence-electron chi connectivity index (χ3n) is 3.85. The molecule has 0 radical (unpaired) electrons. The first-order chi connectivity index (χ1) is 9.37. The predicted molar refractivity (Wildman–Crippen MR) is 69.7 cm³/mol. The van der Waals surface area contributed by atoms with Crippen molar-refractivity contribution in [2.24, 2.45) is 5.84 Å². The minimum Gasteiger partial charge on any atom is -0.373 e. The van der Waals surface area contributed by atoms with Crippen molar-refractivity contribution in [1.82, 2.24) is 5.43 Å². The first kappa shape index (κ1) is 15.3. The van der Waals surface area contributed by atoms with Crippen LogP contribution in [0.2, 0.25) is 0 Å². The van der Waals surface area contributed by atoms with Gasteiger partial charge in [0.1, 0.15) is 0 Å². The van der Waals surface area contributed by atoms with Crippen molar-refractivity contribution in [2.45, 2.75) is 44.0 Å². The number of halogens is 3. The number of hydrazine groups is 1. The number of nitrogens with one attached hydrogen (secondary N) is 1. The summed E-state index contributed by atoms with van der Waals surface area (Å²) in [5.74, 6) is 5.59. The number of ether oxygens (including phenoxy) is 1. The van der Waals surface area contributed by atoms with Crippen LogP contribution in [0, 0.1) is 0 Å². The highest BCUT2D eigenvalue weighted by atomic mass is 19.4. The predicted octanol–water partition coefficient (Wildman–Crippen LogP) is 3.17. The molecule has 2 unspecified atom stereocenters. The quantitative estimate of drug-likeness (QED) is 0.663. The first-order valence-corrected chi connectivity index (χ1v) is 6.64. The fraction of sp³-hybridized carbons (Fsp3) is 0.571. The van der Waals surface area contributed by atoms with Gasteiger partial charge in [-0.05, 0) is 43.9 Å². The van der Waals surface area contributed by atoms with Gasteiger partial charge in [0.15, 0.2) is 0 Å². The van der Waals surface area contributed by atoms with Crippen LogP contribution in [0.25, 0.3) is 0 Å². The number of rotatable bonds is 3. The van der Waals surface area contributed by atoms with Gasteiger partial charge in [-0.25, -0.2) is 0 Å². The fourth-order valence-electron chi connectivity index (χ4n) is 2.67. The van der Waals surface area contributed by atoms with Crippen LogP contribution in [-0.2, 0) is 10.9 Å². The zero-order valence-electron chi connectivity index (χ0n) is 11.3. The lowest BCUT2D eigenvalue weighted by molar-refractivity contribution is -0.137. The number of hydrogen-bond donors (Lipinski definition) is 2. The van der Waals surface area contributed by atoms with Crippen LogP contribution >= 0.6 is 0 Å². The summed E-state index contributed by atoms with van der Waals surface area (Å²) in [5, 5.41) is 0. The average Bonchev–Trinajstić information content (AvgIpc) is 2.39. The van der Waals surface area contributed by atoms with Crippen LogP contribution in [0.4, 0.5) is 13.2 Å². The SMILES string of the molecule is CC1(C(NN)c2ccc(C(F)(F)F)cc2)CCCCO1. The maximum absolute atomic E-state index is 12.6. The Kier molecular flexibility index (Phi) is 4.36. The van der Waals surface area contributed by atoms with Gasteiger partial charge in [0.25, 0.3) is 0 Å². The van der Waals surface area contributed by atoms with E-state index in [0.717, 1.165) is 31.4 Å². The summed E-state index contributed by atoms with van der Waals surface area (Å²) in [4.78, 5) is 0. The summed E-state index contributed by atoms with van der Waals surface area (Å²) >= 11 is 0. The van der Waals surface area contributed by atoms with Crippen molar-refractivity contribution in [3.05, 3.63) is 35.4 Å². The lowest BCUT2D eigenvalue weighted by atomic mass is 9.84. The van der Waals surface area contributed by atoms with Gasteiger partial charge in [-0.1, -0.05) is 12.1 Å². The lowest BCUT2D eigenvalue weighted by Crippen LogP contribution is -2.48. The molecule has 2 atom stereocenters. The van der Waals surface area contributed by atoms with E-state index in [9.17, 15) is 13.2 Å². The Morgan fingerprint density at radius 3 is 2.35 bits per heavy atom. The molecule has 0 spiro atoms. The summed E-state index contributed by atoms with van der Waals surface area (Å²) in [6.45, 7) is 2.59. The Labute approximate surface area is 116 Å². The van der Waals surface area contributed by atoms with E-state index in [1.54, 1.807) is 0 Å². The molecule has 0 saturated carbocycles. The Morgan fingerprint density at radius 1 is 1.25 bits per heavy atom. The molecular formula is C14H19F3N2O. The molecule has 3 nitrogen and oxygen atoms in total. The summed E-state index contributed by atoms with van der Waals surface area (Å²) in [6.07, 6.45) is -1.48. The van der Waals surface area contributed by atoms with Crippen LogP contribution in [-0.4, -0.2) is 12.2 Å². The van der Waals surface area contributed by atoms with Gasteiger partial charge in [-0.15, -0.1) is 0 Å². The third kappa shape index (κ3) is 3.13. The molecule has 1 aromatic carbocycles. The van der Waals surface area contributed by atoms with Gasteiger partial charge in [0.2, 0.25) is 0 Å². The van der Waals surface area contributed by atoms with Gasteiger partial charge in [0, 0.05) is 6.61 Å². The summed E-state index contributed by atoms with van der Waals surface area (Å²) in [5.41, 5.74) is 2.23. The van der Waals surface area contributed by atoms with Crippen LogP contribution in [0.1, 0.15) is 43.4 Å². The molecule has 2 rings (SSSR count). The number of benzene rings is 1. The highest BCUT2D eigenvalue weighted by molar-refractivity contribution is 5.28. The van der Waals surface area contributed by atoms with Gasteiger partial charge in [-0.3, -0.25) is 11.3 Å². The molecule has 0 aliphatic carbocycles. The molecule has 0 aromatic heterocycles. The minimum atomic E-state index is -4.32.